The normalized spacial score (nSPS) is 56.1. The molecule has 6 nitrogen and oxygen atoms in total. The second-order valence-electron chi connectivity index (χ2n) is 12.7. The number of fused-ring (bicyclic) bond motifs is 4. The molecule has 6 heteroatoms. The highest BCUT2D eigenvalue weighted by atomic mass is 16.5. The second-order valence-corrected chi connectivity index (χ2v) is 12.7. The van der Waals surface area contributed by atoms with Gasteiger partial charge >= 0.3 is 0 Å². The molecule has 1 heterocycles. The molecular weight excluding hydrogens is 418 g/mol. The van der Waals surface area contributed by atoms with Crippen LogP contribution in [-0.2, 0) is 14.3 Å². The summed E-state index contributed by atoms with van der Waals surface area (Å²) in [4.78, 5) is 30.1. The maximum Gasteiger partial charge on any atom is 0.227 e. The molecule has 6 aliphatic carbocycles. The van der Waals surface area contributed by atoms with Gasteiger partial charge in [-0.2, -0.15) is 0 Å². The van der Waals surface area contributed by atoms with Crippen molar-refractivity contribution < 1.29 is 24.5 Å². The molecule has 2 bridgehead atoms. The molecule has 3 N–H and O–H groups in total. The number of amides is 1. The number of nitrogens with zero attached hydrogens (tertiary/aromatic N) is 1. The second kappa shape index (κ2) is 5.83. The quantitative estimate of drug-likeness (QED) is 0.485. The lowest BCUT2D eigenvalue weighted by molar-refractivity contribution is -0.265. The predicted molar refractivity (Wildman–Crippen MR) is 121 cm³/mol. The minimum Gasteiger partial charge on any atom is -0.443 e. The average molecular weight is 455 g/mol. The van der Waals surface area contributed by atoms with E-state index in [1.54, 1.807) is 0 Å². The third kappa shape index (κ3) is 1.89. The summed E-state index contributed by atoms with van der Waals surface area (Å²) in [5.41, 5.74) is -0.368. The minimum atomic E-state index is -0.906. The lowest BCUT2D eigenvalue weighted by atomic mass is 9.28. The van der Waals surface area contributed by atoms with Gasteiger partial charge in [0, 0.05) is 36.8 Å². The van der Waals surface area contributed by atoms with Crippen LogP contribution in [0, 0.1) is 39.4 Å². The fourth-order valence-electron chi connectivity index (χ4n) is 10.3. The van der Waals surface area contributed by atoms with Gasteiger partial charge in [0.2, 0.25) is 5.91 Å². The fraction of sp³-hybridized carbons (Fsp3) is 0.778. The van der Waals surface area contributed by atoms with Gasteiger partial charge in [0.15, 0.2) is 6.10 Å². The summed E-state index contributed by atoms with van der Waals surface area (Å²) < 4.78 is 5.54. The summed E-state index contributed by atoms with van der Waals surface area (Å²) in [6.45, 7) is 10.9. The number of hydrogen-bond donors (Lipinski definition) is 1. The maximum atomic E-state index is 14.4. The number of Topliss-reactive ketones (excluding diaryl/α,β-unsaturated/α-hetero) is 1. The van der Waals surface area contributed by atoms with Crippen molar-refractivity contribution >= 4 is 11.7 Å². The van der Waals surface area contributed by atoms with E-state index in [4.69, 9.17) is 9.84 Å². The summed E-state index contributed by atoms with van der Waals surface area (Å²) in [5, 5.41) is 20.3. The first kappa shape index (κ1) is 20.8. The van der Waals surface area contributed by atoms with Gasteiger partial charge in [-0.05, 0) is 48.5 Å². The maximum absolute atomic E-state index is 14.4. The largest absolute Gasteiger partial charge is 0.443 e. The van der Waals surface area contributed by atoms with Crippen LogP contribution < -0.4 is 0 Å². The molecular formula is C27H36NO5+. The monoisotopic (exact) mass is 454 g/mol. The highest BCUT2D eigenvalue weighted by Gasteiger charge is 2.87. The summed E-state index contributed by atoms with van der Waals surface area (Å²) in [7, 11) is 0. The van der Waals surface area contributed by atoms with Crippen molar-refractivity contribution in [3.63, 3.8) is 0 Å². The zero-order valence-electron chi connectivity index (χ0n) is 19.8. The van der Waals surface area contributed by atoms with Crippen molar-refractivity contribution in [1.82, 2.24) is 4.90 Å². The number of carbonyl (C=O) groups excluding carboxylic acids is 2. The fourth-order valence-corrected chi connectivity index (χ4v) is 10.3. The number of ether oxygens (including phenoxy) is 1. The van der Waals surface area contributed by atoms with Gasteiger partial charge < -0.3 is 19.8 Å². The predicted octanol–water partition coefficient (Wildman–Crippen LogP) is 1.98. The third-order valence-electron chi connectivity index (χ3n) is 12.2. The Balaban J connectivity index is 1.44. The van der Waals surface area contributed by atoms with Crippen LogP contribution in [-0.4, -0.2) is 64.8 Å². The zero-order valence-corrected chi connectivity index (χ0v) is 19.8. The highest BCUT2D eigenvalue weighted by Crippen LogP contribution is 2.84. The van der Waals surface area contributed by atoms with Crippen LogP contribution in [0.1, 0.15) is 52.4 Å². The first-order valence-corrected chi connectivity index (χ1v) is 12.8. The molecule has 9 atom stereocenters. The number of aliphatic hydroxyl groups is 1. The van der Waals surface area contributed by atoms with E-state index >= 15 is 0 Å². The van der Waals surface area contributed by atoms with Gasteiger partial charge in [-0.1, -0.05) is 32.1 Å². The minimum absolute atomic E-state index is 0.00894. The highest BCUT2D eigenvalue weighted by molar-refractivity contribution is 6.00. The summed E-state index contributed by atoms with van der Waals surface area (Å²) in [6, 6.07) is 0. The Morgan fingerprint density at radius 2 is 2.00 bits per heavy atom. The molecule has 0 radical (unpaired) electrons. The van der Waals surface area contributed by atoms with Crippen molar-refractivity contribution in [3.8, 4) is 0 Å². The topological polar surface area (TPSA) is 89.7 Å². The Bertz CT molecular complexity index is 1050. The van der Waals surface area contributed by atoms with Gasteiger partial charge in [0.1, 0.15) is 5.78 Å². The SMILES string of the molecule is C=C1C[C@]23C[C@@]1(O)CCC2(C)C1=CC[C@@]24C([OH2+])CC2C(=O)[C@@]4(C)[C@H]1[C@@H]3C(=O)N1CCOCC1. The van der Waals surface area contributed by atoms with Gasteiger partial charge in [-0.25, -0.2) is 0 Å². The smallest absolute Gasteiger partial charge is 0.227 e. The van der Waals surface area contributed by atoms with E-state index < -0.39 is 16.4 Å². The number of hydrogen-bond acceptors (Lipinski definition) is 4. The van der Waals surface area contributed by atoms with Crippen LogP contribution in [0.5, 0.6) is 0 Å². The first-order valence-electron chi connectivity index (χ1n) is 12.8. The molecule has 7 rings (SSSR count). The van der Waals surface area contributed by atoms with Crippen LogP contribution in [0.15, 0.2) is 23.8 Å². The van der Waals surface area contributed by atoms with Crippen LogP contribution in [0.3, 0.4) is 0 Å². The van der Waals surface area contributed by atoms with E-state index in [0.717, 1.165) is 18.4 Å². The first-order chi connectivity index (χ1) is 15.6. The molecule has 3 unspecified atom stereocenters. The molecule has 7 aliphatic rings. The van der Waals surface area contributed by atoms with E-state index in [-0.39, 0.29) is 46.4 Å². The molecule has 178 valence electrons. The Morgan fingerprint density at radius 3 is 2.70 bits per heavy atom. The Hall–Kier alpha value is -1.50. The van der Waals surface area contributed by atoms with Gasteiger partial charge in [-0.15, -0.1) is 0 Å². The molecule has 1 saturated heterocycles. The van der Waals surface area contributed by atoms with Gasteiger partial charge in [-0.3, -0.25) is 9.59 Å². The average Bonchev–Trinajstić information content (AvgIpc) is 3.17. The van der Waals surface area contributed by atoms with Crippen molar-refractivity contribution in [2.45, 2.75) is 64.1 Å². The summed E-state index contributed by atoms with van der Waals surface area (Å²) in [6.07, 6.45) is 6.29. The molecule has 0 aromatic carbocycles. The standard InChI is InChI=1S/C27H35NO5/c1-15-13-25-14-26(15,32)7-6-23(25,2)16-4-5-27-17(12-18(27)29)21(30)24(27,3)19(16)20(25)22(31)28-8-10-33-11-9-28/h4,17-20,29,32H,1,5-14H2,2-3H3/p+1/t17?,18?,19-,20-,23?,24-,25-,26+,27+/m1/s1. The Morgan fingerprint density at radius 1 is 1.27 bits per heavy atom. The zero-order chi connectivity index (χ0) is 23.2. The summed E-state index contributed by atoms with van der Waals surface area (Å²) >= 11 is 0. The lowest BCUT2D eigenvalue weighted by Crippen LogP contribution is -2.80. The van der Waals surface area contributed by atoms with Crippen molar-refractivity contribution in [1.29, 1.82) is 0 Å². The van der Waals surface area contributed by atoms with E-state index in [1.807, 2.05) is 4.90 Å². The molecule has 2 spiro atoms. The van der Waals surface area contributed by atoms with Crippen LogP contribution in [0.25, 0.3) is 0 Å². The van der Waals surface area contributed by atoms with Crippen molar-refractivity contribution in [2.24, 2.45) is 39.4 Å². The molecule has 0 aromatic heterocycles. The Labute approximate surface area is 195 Å². The molecule has 5 saturated carbocycles. The van der Waals surface area contributed by atoms with E-state index in [1.165, 1.54) is 5.57 Å². The molecule has 33 heavy (non-hydrogen) atoms. The summed E-state index contributed by atoms with van der Waals surface area (Å²) in [5.74, 6) is -0.112. The number of allylic oxidation sites excluding steroid dienone is 2. The van der Waals surface area contributed by atoms with Gasteiger partial charge in [0.05, 0.1) is 30.1 Å². The van der Waals surface area contributed by atoms with Crippen LogP contribution >= 0.6 is 0 Å². The van der Waals surface area contributed by atoms with E-state index in [0.29, 0.717) is 52.0 Å². The number of ketones is 1. The molecule has 0 aromatic rings. The molecule has 1 aliphatic heterocycles. The number of rotatable bonds is 1. The lowest BCUT2D eigenvalue weighted by Gasteiger charge is -2.72. The van der Waals surface area contributed by atoms with E-state index in [9.17, 15) is 14.7 Å². The number of carbonyl (C=O) groups is 2. The molecule has 6 fully saturated rings. The van der Waals surface area contributed by atoms with Crippen LogP contribution in [0.2, 0.25) is 0 Å². The number of morpholine rings is 1. The Kier molecular flexibility index (Phi) is 3.68. The van der Waals surface area contributed by atoms with Crippen LogP contribution in [0.4, 0.5) is 0 Å². The van der Waals surface area contributed by atoms with E-state index in [2.05, 4.69) is 26.5 Å². The van der Waals surface area contributed by atoms with Gasteiger partial charge in [0.25, 0.3) is 0 Å². The molecule has 1 amide bonds. The third-order valence-corrected chi connectivity index (χ3v) is 12.2. The van der Waals surface area contributed by atoms with Crippen molar-refractivity contribution in [3.05, 3.63) is 23.8 Å². The van der Waals surface area contributed by atoms with Crippen molar-refractivity contribution in [2.75, 3.05) is 26.3 Å².